The summed E-state index contributed by atoms with van der Waals surface area (Å²) < 4.78 is 5.94. The number of hydrogen-bond donors (Lipinski definition) is 0. The molecule has 1 fully saturated rings. The SMILES string of the molecule is O=C1CCC(Oc2ccc3cnccc3c2Cl)CC1. The number of carbonyl (C=O) groups excluding carboxylic acids is 1. The molecule has 0 aliphatic heterocycles. The van der Waals surface area contributed by atoms with Crippen LogP contribution in [0.2, 0.25) is 5.02 Å². The average Bonchev–Trinajstić information content (AvgIpc) is 2.45. The molecule has 0 radical (unpaired) electrons. The topological polar surface area (TPSA) is 39.2 Å². The number of ether oxygens (including phenoxy) is 1. The van der Waals surface area contributed by atoms with Crippen molar-refractivity contribution in [1.29, 1.82) is 0 Å². The van der Waals surface area contributed by atoms with Crippen molar-refractivity contribution in [2.45, 2.75) is 31.8 Å². The zero-order valence-corrected chi connectivity index (χ0v) is 11.2. The fourth-order valence-corrected chi connectivity index (χ4v) is 2.69. The third-order valence-corrected chi connectivity index (χ3v) is 3.89. The Morgan fingerprint density at radius 2 is 2.00 bits per heavy atom. The molecule has 0 unspecified atom stereocenters. The summed E-state index contributed by atoms with van der Waals surface area (Å²) in [5, 5.41) is 2.57. The van der Waals surface area contributed by atoms with E-state index in [1.807, 2.05) is 18.2 Å². The van der Waals surface area contributed by atoms with E-state index in [2.05, 4.69) is 4.98 Å². The van der Waals surface area contributed by atoms with Gasteiger partial charge in [0.25, 0.3) is 0 Å². The maximum atomic E-state index is 11.2. The Labute approximate surface area is 116 Å². The van der Waals surface area contributed by atoms with Crippen molar-refractivity contribution in [1.82, 2.24) is 4.98 Å². The van der Waals surface area contributed by atoms with E-state index < -0.39 is 0 Å². The van der Waals surface area contributed by atoms with Crippen LogP contribution in [0.25, 0.3) is 10.8 Å². The van der Waals surface area contributed by atoms with Gasteiger partial charge in [-0.2, -0.15) is 0 Å². The second kappa shape index (κ2) is 5.17. The Morgan fingerprint density at radius 3 is 2.79 bits per heavy atom. The number of benzene rings is 1. The van der Waals surface area contributed by atoms with Gasteiger partial charge in [0.2, 0.25) is 0 Å². The number of hydrogen-bond acceptors (Lipinski definition) is 3. The van der Waals surface area contributed by atoms with Crippen LogP contribution in [0.5, 0.6) is 5.75 Å². The lowest BCUT2D eigenvalue weighted by Gasteiger charge is -2.23. The normalized spacial score (nSPS) is 16.8. The van der Waals surface area contributed by atoms with Crippen LogP contribution in [0, 0.1) is 0 Å². The Morgan fingerprint density at radius 1 is 1.21 bits per heavy atom. The first-order valence-corrected chi connectivity index (χ1v) is 6.82. The second-order valence-electron chi connectivity index (χ2n) is 4.83. The molecule has 0 atom stereocenters. The quantitative estimate of drug-likeness (QED) is 0.837. The molecule has 98 valence electrons. The standard InChI is InChI=1S/C15H14ClNO2/c16-15-13-7-8-17-9-10(13)1-6-14(15)19-12-4-2-11(18)3-5-12/h1,6-9,12H,2-5H2. The van der Waals surface area contributed by atoms with Crippen LogP contribution in [0.4, 0.5) is 0 Å². The van der Waals surface area contributed by atoms with E-state index in [0.717, 1.165) is 23.6 Å². The molecule has 1 aliphatic carbocycles. The average molecular weight is 276 g/mol. The van der Waals surface area contributed by atoms with Crippen molar-refractivity contribution in [2.75, 3.05) is 0 Å². The summed E-state index contributed by atoms with van der Waals surface area (Å²) in [4.78, 5) is 15.3. The third-order valence-electron chi connectivity index (χ3n) is 3.50. The van der Waals surface area contributed by atoms with Gasteiger partial charge < -0.3 is 4.74 Å². The van der Waals surface area contributed by atoms with Gasteiger partial charge in [0.05, 0.1) is 11.1 Å². The molecule has 1 saturated carbocycles. The van der Waals surface area contributed by atoms with Crippen LogP contribution in [-0.2, 0) is 4.79 Å². The summed E-state index contributed by atoms with van der Waals surface area (Å²) >= 11 is 6.37. The van der Waals surface area contributed by atoms with Gasteiger partial charge in [-0.05, 0) is 31.0 Å². The lowest BCUT2D eigenvalue weighted by atomic mass is 9.96. The smallest absolute Gasteiger partial charge is 0.138 e. The van der Waals surface area contributed by atoms with Gasteiger partial charge in [-0.25, -0.2) is 0 Å². The van der Waals surface area contributed by atoms with E-state index in [9.17, 15) is 4.79 Å². The molecular weight excluding hydrogens is 262 g/mol. The summed E-state index contributed by atoms with van der Waals surface area (Å²) in [5.74, 6) is 1.02. The molecule has 1 aromatic carbocycles. The number of rotatable bonds is 2. The van der Waals surface area contributed by atoms with E-state index in [0.29, 0.717) is 29.4 Å². The van der Waals surface area contributed by atoms with Crippen LogP contribution in [0.1, 0.15) is 25.7 Å². The minimum Gasteiger partial charge on any atom is -0.489 e. The van der Waals surface area contributed by atoms with Crippen molar-refractivity contribution in [3.05, 3.63) is 35.6 Å². The second-order valence-corrected chi connectivity index (χ2v) is 5.21. The molecule has 0 saturated heterocycles. The first-order chi connectivity index (χ1) is 9.24. The molecule has 1 aliphatic rings. The highest BCUT2D eigenvalue weighted by atomic mass is 35.5. The fourth-order valence-electron chi connectivity index (χ4n) is 2.41. The van der Waals surface area contributed by atoms with E-state index in [1.54, 1.807) is 12.4 Å². The van der Waals surface area contributed by atoms with Gasteiger partial charge in [0.1, 0.15) is 11.5 Å². The maximum absolute atomic E-state index is 11.2. The Hall–Kier alpha value is -1.61. The molecule has 2 aromatic rings. The molecule has 0 bridgehead atoms. The van der Waals surface area contributed by atoms with Gasteiger partial charge in [0, 0.05) is 36.0 Å². The van der Waals surface area contributed by atoms with Crippen LogP contribution < -0.4 is 4.74 Å². The summed E-state index contributed by atoms with van der Waals surface area (Å²) in [6.45, 7) is 0. The summed E-state index contributed by atoms with van der Waals surface area (Å²) in [6.07, 6.45) is 6.38. The Balaban J connectivity index is 1.85. The number of nitrogens with zero attached hydrogens (tertiary/aromatic N) is 1. The Bertz CT molecular complexity index is 617. The van der Waals surface area contributed by atoms with E-state index >= 15 is 0 Å². The van der Waals surface area contributed by atoms with Gasteiger partial charge in [-0.1, -0.05) is 11.6 Å². The lowest BCUT2D eigenvalue weighted by Crippen LogP contribution is -2.24. The van der Waals surface area contributed by atoms with E-state index in [4.69, 9.17) is 16.3 Å². The first kappa shape index (κ1) is 12.4. The number of carbonyl (C=O) groups is 1. The molecule has 1 aromatic heterocycles. The molecule has 1 heterocycles. The number of aromatic nitrogens is 1. The molecule has 19 heavy (non-hydrogen) atoms. The molecule has 3 rings (SSSR count). The summed E-state index contributed by atoms with van der Waals surface area (Å²) in [5.41, 5.74) is 0. The highest BCUT2D eigenvalue weighted by Gasteiger charge is 2.21. The zero-order chi connectivity index (χ0) is 13.2. The number of Topliss-reactive ketones (excluding diaryl/α,β-unsaturated/α-hetero) is 1. The zero-order valence-electron chi connectivity index (χ0n) is 10.4. The highest BCUT2D eigenvalue weighted by Crippen LogP contribution is 2.34. The van der Waals surface area contributed by atoms with Gasteiger partial charge in [0.15, 0.2) is 0 Å². The lowest BCUT2D eigenvalue weighted by molar-refractivity contribution is -0.121. The monoisotopic (exact) mass is 275 g/mol. The number of pyridine rings is 1. The van der Waals surface area contributed by atoms with Crippen LogP contribution in [-0.4, -0.2) is 16.9 Å². The number of halogens is 1. The predicted molar refractivity (Wildman–Crippen MR) is 74.6 cm³/mol. The van der Waals surface area contributed by atoms with E-state index in [-0.39, 0.29) is 6.10 Å². The highest BCUT2D eigenvalue weighted by molar-refractivity contribution is 6.37. The largest absolute Gasteiger partial charge is 0.489 e. The molecule has 0 spiro atoms. The minimum absolute atomic E-state index is 0.0921. The maximum Gasteiger partial charge on any atom is 0.138 e. The van der Waals surface area contributed by atoms with Crippen molar-refractivity contribution in [3.8, 4) is 5.75 Å². The van der Waals surface area contributed by atoms with Crippen LogP contribution in [0.15, 0.2) is 30.6 Å². The van der Waals surface area contributed by atoms with E-state index in [1.165, 1.54) is 0 Å². The fraction of sp³-hybridized carbons (Fsp3) is 0.333. The van der Waals surface area contributed by atoms with Gasteiger partial charge >= 0.3 is 0 Å². The molecular formula is C15H14ClNO2. The third kappa shape index (κ3) is 2.56. The molecule has 4 heteroatoms. The summed E-state index contributed by atoms with van der Waals surface area (Å²) in [7, 11) is 0. The minimum atomic E-state index is 0.0921. The summed E-state index contributed by atoms with van der Waals surface area (Å²) in [6, 6.07) is 5.72. The molecule has 0 amide bonds. The number of ketones is 1. The van der Waals surface area contributed by atoms with Crippen molar-refractivity contribution in [3.63, 3.8) is 0 Å². The van der Waals surface area contributed by atoms with Crippen molar-refractivity contribution < 1.29 is 9.53 Å². The van der Waals surface area contributed by atoms with Gasteiger partial charge in [-0.3, -0.25) is 9.78 Å². The van der Waals surface area contributed by atoms with Crippen molar-refractivity contribution >= 4 is 28.2 Å². The Kier molecular flexibility index (Phi) is 3.38. The van der Waals surface area contributed by atoms with Crippen molar-refractivity contribution in [2.24, 2.45) is 0 Å². The first-order valence-electron chi connectivity index (χ1n) is 6.44. The van der Waals surface area contributed by atoms with Crippen LogP contribution in [0.3, 0.4) is 0 Å². The molecule has 0 N–H and O–H groups in total. The van der Waals surface area contributed by atoms with Crippen LogP contribution >= 0.6 is 11.6 Å². The van der Waals surface area contributed by atoms with Gasteiger partial charge in [-0.15, -0.1) is 0 Å². The molecule has 3 nitrogen and oxygen atoms in total. The number of fused-ring (bicyclic) bond motifs is 1. The predicted octanol–water partition coefficient (Wildman–Crippen LogP) is 3.78.